The fraction of sp³-hybridized carbons (Fsp3) is 0.238. The highest BCUT2D eigenvalue weighted by molar-refractivity contribution is 5.91. The van der Waals surface area contributed by atoms with E-state index in [-0.39, 0.29) is 31.2 Å². The fourth-order valence-corrected chi connectivity index (χ4v) is 2.89. The van der Waals surface area contributed by atoms with Crippen LogP contribution in [0.25, 0.3) is 10.9 Å². The van der Waals surface area contributed by atoms with Crippen molar-refractivity contribution in [3.8, 4) is 17.2 Å². The molecule has 2 aromatic carbocycles. The first kappa shape index (κ1) is 21.6. The third kappa shape index (κ3) is 5.30. The van der Waals surface area contributed by atoms with Gasteiger partial charge in [0.05, 0.1) is 31.4 Å². The molecular weight excluding hydrogens is 404 g/mol. The van der Waals surface area contributed by atoms with Gasteiger partial charge in [0.1, 0.15) is 12.3 Å². The number of carbonyl (C=O) groups is 2. The molecule has 0 unspecified atom stereocenters. The molecule has 3 rings (SSSR count). The number of carbonyl (C=O) groups excluding carboxylic acids is 2. The maximum Gasteiger partial charge on any atom is 0.261 e. The molecular formula is C21H22N4O6. The normalized spacial score (nSPS) is 10.5. The van der Waals surface area contributed by atoms with E-state index in [0.29, 0.717) is 28.1 Å². The molecule has 0 aliphatic heterocycles. The van der Waals surface area contributed by atoms with Gasteiger partial charge in [0.2, 0.25) is 11.8 Å². The topological polar surface area (TPSA) is 132 Å². The molecule has 1 heterocycles. The molecule has 0 spiro atoms. The minimum atomic E-state index is -0.429. The summed E-state index contributed by atoms with van der Waals surface area (Å²) in [6, 6.07) is 9.15. The van der Waals surface area contributed by atoms with E-state index in [1.807, 2.05) is 0 Å². The minimum Gasteiger partial charge on any atom is -0.508 e. The van der Waals surface area contributed by atoms with Gasteiger partial charge in [0.25, 0.3) is 5.56 Å². The number of ether oxygens (including phenoxy) is 2. The van der Waals surface area contributed by atoms with Crippen molar-refractivity contribution < 1.29 is 24.2 Å². The van der Waals surface area contributed by atoms with Gasteiger partial charge in [-0.25, -0.2) is 4.98 Å². The van der Waals surface area contributed by atoms with Gasteiger partial charge in [-0.2, -0.15) is 0 Å². The number of aromatic nitrogens is 2. The summed E-state index contributed by atoms with van der Waals surface area (Å²) in [4.78, 5) is 41.0. The van der Waals surface area contributed by atoms with Gasteiger partial charge in [-0.3, -0.25) is 19.0 Å². The number of fused-ring (bicyclic) bond motifs is 1. The summed E-state index contributed by atoms with van der Waals surface area (Å²) in [5, 5.41) is 14.8. The Bertz CT molecular complexity index is 1160. The molecule has 0 saturated carbocycles. The number of amides is 2. The van der Waals surface area contributed by atoms with Crippen molar-refractivity contribution in [2.75, 3.05) is 26.1 Å². The Labute approximate surface area is 177 Å². The number of nitrogens with one attached hydrogen (secondary N) is 2. The number of anilines is 1. The average molecular weight is 426 g/mol. The number of nitrogens with zero attached hydrogens (tertiary/aromatic N) is 2. The van der Waals surface area contributed by atoms with E-state index in [9.17, 15) is 19.5 Å². The molecule has 0 aliphatic carbocycles. The first-order valence-corrected chi connectivity index (χ1v) is 9.38. The maximum atomic E-state index is 12.7. The van der Waals surface area contributed by atoms with Crippen molar-refractivity contribution in [2.24, 2.45) is 0 Å². The van der Waals surface area contributed by atoms with Crippen molar-refractivity contribution in [2.45, 2.75) is 13.0 Å². The Balaban J connectivity index is 1.58. The molecule has 0 aliphatic rings. The summed E-state index contributed by atoms with van der Waals surface area (Å²) in [7, 11) is 2.95. The van der Waals surface area contributed by atoms with Crippen LogP contribution in [0.4, 0.5) is 5.69 Å². The zero-order valence-electron chi connectivity index (χ0n) is 17.0. The van der Waals surface area contributed by atoms with Crippen molar-refractivity contribution in [3.05, 3.63) is 53.1 Å². The van der Waals surface area contributed by atoms with E-state index in [1.54, 1.807) is 18.2 Å². The molecule has 162 valence electrons. The van der Waals surface area contributed by atoms with E-state index in [4.69, 9.17) is 9.47 Å². The maximum absolute atomic E-state index is 12.7. The molecule has 0 radical (unpaired) electrons. The van der Waals surface area contributed by atoms with Crippen molar-refractivity contribution in [1.29, 1.82) is 0 Å². The Morgan fingerprint density at radius 2 is 1.74 bits per heavy atom. The highest BCUT2D eigenvalue weighted by Crippen LogP contribution is 2.29. The predicted molar refractivity (Wildman–Crippen MR) is 113 cm³/mol. The average Bonchev–Trinajstić information content (AvgIpc) is 2.76. The van der Waals surface area contributed by atoms with Crippen LogP contribution in [-0.4, -0.2) is 47.2 Å². The lowest BCUT2D eigenvalue weighted by atomic mass is 10.2. The number of phenols is 1. The number of rotatable bonds is 8. The van der Waals surface area contributed by atoms with Crippen LogP contribution in [0, 0.1) is 0 Å². The van der Waals surface area contributed by atoms with Crippen LogP contribution in [0.5, 0.6) is 17.2 Å². The van der Waals surface area contributed by atoms with Gasteiger partial charge in [0.15, 0.2) is 11.5 Å². The lowest BCUT2D eigenvalue weighted by molar-refractivity contribution is -0.121. The molecule has 0 bridgehead atoms. The second-order valence-corrected chi connectivity index (χ2v) is 6.60. The zero-order valence-corrected chi connectivity index (χ0v) is 17.0. The van der Waals surface area contributed by atoms with Crippen LogP contribution in [0.3, 0.4) is 0 Å². The molecule has 10 heteroatoms. The summed E-state index contributed by atoms with van der Waals surface area (Å²) in [5.74, 6) is 0.206. The van der Waals surface area contributed by atoms with Crippen molar-refractivity contribution in [3.63, 3.8) is 0 Å². The number of phenolic OH excluding ortho intramolecular Hbond substituents is 1. The molecule has 10 nitrogen and oxygen atoms in total. The van der Waals surface area contributed by atoms with Crippen molar-refractivity contribution >= 4 is 28.4 Å². The number of benzene rings is 2. The lowest BCUT2D eigenvalue weighted by Crippen LogP contribution is -2.34. The van der Waals surface area contributed by atoms with E-state index in [2.05, 4.69) is 15.6 Å². The molecule has 1 aromatic heterocycles. The lowest BCUT2D eigenvalue weighted by Gasteiger charge is -2.11. The van der Waals surface area contributed by atoms with Gasteiger partial charge in [-0.1, -0.05) is 0 Å². The van der Waals surface area contributed by atoms with Crippen LogP contribution < -0.4 is 25.7 Å². The van der Waals surface area contributed by atoms with Gasteiger partial charge >= 0.3 is 0 Å². The van der Waals surface area contributed by atoms with E-state index in [0.717, 1.165) is 0 Å². The summed E-state index contributed by atoms with van der Waals surface area (Å²) < 4.78 is 11.6. The van der Waals surface area contributed by atoms with Crippen LogP contribution in [0.15, 0.2) is 47.5 Å². The molecule has 0 saturated heterocycles. The standard InChI is InChI=1S/C21H22N4O6/c1-30-17-9-15-16(10-18(17)31-2)23-12-25(21(15)29)11-20(28)22-8-7-19(27)24-13-3-5-14(26)6-4-13/h3-6,9-10,12,26H,7-8,11H2,1-2H3,(H,22,28)(H,24,27). The van der Waals surface area contributed by atoms with Gasteiger partial charge in [-0.15, -0.1) is 0 Å². The van der Waals surface area contributed by atoms with Gasteiger partial charge < -0.3 is 25.2 Å². The third-order valence-corrected chi connectivity index (χ3v) is 4.47. The van der Waals surface area contributed by atoms with Crippen LogP contribution >= 0.6 is 0 Å². The molecule has 3 N–H and O–H groups in total. The molecule has 0 fully saturated rings. The highest BCUT2D eigenvalue weighted by Gasteiger charge is 2.13. The molecule has 2 amide bonds. The van der Waals surface area contributed by atoms with Crippen molar-refractivity contribution in [1.82, 2.24) is 14.9 Å². The molecule has 3 aromatic rings. The van der Waals surface area contributed by atoms with E-state index in [1.165, 1.54) is 43.3 Å². The summed E-state index contributed by atoms with van der Waals surface area (Å²) in [5.41, 5.74) is 0.561. The Kier molecular flexibility index (Phi) is 6.71. The third-order valence-electron chi connectivity index (χ3n) is 4.47. The number of hydrogen-bond acceptors (Lipinski definition) is 7. The second-order valence-electron chi connectivity index (χ2n) is 6.60. The van der Waals surface area contributed by atoms with Crippen LogP contribution in [-0.2, 0) is 16.1 Å². The SMILES string of the molecule is COc1cc2ncn(CC(=O)NCCC(=O)Nc3ccc(O)cc3)c(=O)c2cc1OC. The minimum absolute atomic E-state index is 0.0501. The molecule has 0 atom stereocenters. The summed E-state index contributed by atoms with van der Waals surface area (Å²) >= 11 is 0. The summed E-state index contributed by atoms with van der Waals surface area (Å²) in [6.07, 6.45) is 1.34. The quantitative estimate of drug-likeness (QED) is 0.462. The Morgan fingerprint density at radius 3 is 2.42 bits per heavy atom. The first-order valence-electron chi connectivity index (χ1n) is 9.38. The number of aromatic hydroxyl groups is 1. The summed E-state index contributed by atoms with van der Waals surface area (Å²) in [6.45, 7) is -0.140. The second kappa shape index (κ2) is 9.61. The van der Waals surface area contributed by atoms with E-state index >= 15 is 0 Å². The monoisotopic (exact) mass is 426 g/mol. The van der Waals surface area contributed by atoms with Gasteiger partial charge in [0, 0.05) is 24.7 Å². The fourth-order valence-electron chi connectivity index (χ4n) is 2.89. The predicted octanol–water partition coefficient (Wildman–Crippen LogP) is 1.26. The van der Waals surface area contributed by atoms with Gasteiger partial charge in [-0.05, 0) is 30.3 Å². The number of hydrogen-bond donors (Lipinski definition) is 3. The van der Waals surface area contributed by atoms with E-state index < -0.39 is 11.5 Å². The first-order chi connectivity index (χ1) is 14.9. The van der Waals surface area contributed by atoms with Crippen LogP contribution in [0.2, 0.25) is 0 Å². The highest BCUT2D eigenvalue weighted by atomic mass is 16.5. The van der Waals surface area contributed by atoms with Crippen LogP contribution in [0.1, 0.15) is 6.42 Å². The Morgan fingerprint density at radius 1 is 1.06 bits per heavy atom. The molecule has 31 heavy (non-hydrogen) atoms. The largest absolute Gasteiger partial charge is 0.508 e. The number of methoxy groups -OCH3 is 2. The Hall–Kier alpha value is -4.08. The zero-order chi connectivity index (χ0) is 22.4. The smallest absolute Gasteiger partial charge is 0.261 e.